The fraction of sp³-hybridized carbons (Fsp3) is 0.500. The van der Waals surface area contributed by atoms with Crippen molar-refractivity contribution in [2.24, 2.45) is 0 Å². The number of hydrogen-bond donors (Lipinski definition) is 3. The normalized spacial score (nSPS) is 12.6. The van der Waals surface area contributed by atoms with Crippen LogP contribution in [-0.4, -0.2) is 60.0 Å². The summed E-state index contributed by atoms with van der Waals surface area (Å²) in [5.41, 5.74) is 4.96. The number of carbonyl (C=O) groups is 3. The van der Waals surface area contributed by atoms with Gasteiger partial charge in [-0.2, -0.15) is 0 Å². The Hall–Kier alpha value is -2.94. The Bertz CT molecular complexity index is 1060. The Balaban J connectivity index is 1.79. The Kier molecular flexibility index (Phi) is 14.6. The van der Waals surface area contributed by atoms with Crippen molar-refractivity contribution in [1.82, 2.24) is 5.32 Å². The highest BCUT2D eigenvalue weighted by Crippen LogP contribution is 2.15. The number of rotatable bonds is 19. The third kappa shape index (κ3) is 12.6. The first kappa shape index (κ1) is 32.3. The van der Waals surface area contributed by atoms with Gasteiger partial charge in [-0.25, -0.2) is 9.59 Å². The number of halogens is 1. The van der Waals surface area contributed by atoms with Gasteiger partial charge in [0, 0.05) is 18.2 Å². The first-order chi connectivity index (χ1) is 18.7. The number of hydrogen-bond acceptors (Lipinski definition) is 5. The van der Waals surface area contributed by atoms with Crippen molar-refractivity contribution in [3.63, 3.8) is 0 Å². The molecule has 0 spiro atoms. The van der Waals surface area contributed by atoms with E-state index in [0.717, 1.165) is 38.5 Å². The van der Waals surface area contributed by atoms with E-state index in [1.165, 1.54) is 22.3 Å². The van der Waals surface area contributed by atoms with Gasteiger partial charge in [-0.15, -0.1) is 0 Å². The van der Waals surface area contributed by atoms with E-state index >= 15 is 0 Å². The van der Waals surface area contributed by atoms with Crippen LogP contribution < -0.4 is 5.32 Å². The fourth-order valence-corrected chi connectivity index (χ4v) is 4.25. The molecular formula is C30H40ClNO7. The second-order valence-corrected chi connectivity index (χ2v) is 10.1. The maximum Gasteiger partial charge on any atom is 0.336 e. The maximum atomic E-state index is 12.8. The lowest BCUT2D eigenvalue weighted by Crippen LogP contribution is -2.49. The summed E-state index contributed by atoms with van der Waals surface area (Å²) in [5.74, 6) is -3.40. The zero-order valence-electron chi connectivity index (χ0n) is 22.8. The number of carboxylic acid groups (broad SMARTS) is 2. The molecule has 9 heteroatoms. The summed E-state index contributed by atoms with van der Waals surface area (Å²) in [6.45, 7) is 3.83. The van der Waals surface area contributed by atoms with Crippen LogP contribution in [0.1, 0.15) is 60.8 Å². The summed E-state index contributed by atoms with van der Waals surface area (Å²) in [6.07, 6.45) is 3.54. The number of carboxylic acids is 2. The SMILES string of the molecule is Cc1ccc(CCCCCOC(C(=O)NCCCCCc2ccc(Cl)cc2)C(OCC(=O)O)C(=O)O)cc1C. The highest BCUT2D eigenvalue weighted by Gasteiger charge is 2.36. The monoisotopic (exact) mass is 561 g/mol. The van der Waals surface area contributed by atoms with Crippen LogP contribution in [-0.2, 0) is 36.7 Å². The molecule has 0 radical (unpaired) electrons. The Morgan fingerprint density at radius 2 is 1.44 bits per heavy atom. The lowest BCUT2D eigenvalue weighted by atomic mass is 10.0. The zero-order valence-corrected chi connectivity index (χ0v) is 23.5. The maximum absolute atomic E-state index is 12.8. The number of aliphatic carboxylic acids is 2. The van der Waals surface area contributed by atoms with Crippen molar-refractivity contribution in [3.8, 4) is 0 Å². The summed E-state index contributed by atoms with van der Waals surface area (Å²) in [6, 6.07) is 14.1. The number of nitrogens with one attached hydrogen (secondary N) is 1. The predicted molar refractivity (Wildman–Crippen MR) is 150 cm³/mol. The van der Waals surface area contributed by atoms with E-state index in [2.05, 4.69) is 37.4 Å². The van der Waals surface area contributed by atoms with Crippen molar-refractivity contribution in [1.29, 1.82) is 0 Å². The van der Waals surface area contributed by atoms with Gasteiger partial charge in [0.05, 0.1) is 0 Å². The zero-order chi connectivity index (χ0) is 28.6. The van der Waals surface area contributed by atoms with Crippen LogP contribution >= 0.6 is 11.6 Å². The van der Waals surface area contributed by atoms with Crippen molar-refractivity contribution in [2.75, 3.05) is 19.8 Å². The number of unbranched alkanes of at least 4 members (excludes halogenated alkanes) is 4. The largest absolute Gasteiger partial charge is 0.480 e. The molecule has 0 saturated carbocycles. The summed E-state index contributed by atoms with van der Waals surface area (Å²) in [7, 11) is 0. The lowest BCUT2D eigenvalue weighted by molar-refractivity contribution is -0.172. The highest BCUT2D eigenvalue weighted by atomic mass is 35.5. The molecule has 0 aliphatic rings. The minimum Gasteiger partial charge on any atom is -0.480 e. The number of carbonyl (C=O) groups excluding carboxylic acids is 1. The van der Waals surface area contributed by atoms with Crippen molar-refractivity contribution in [3.05, 3.63) is 69.7 Å². The third-order valence-corrected chi connectivity index (χ3v) is 6.75. The molecule has 2 unspecified atom stereocenters. The van der Waals surface area contributed by atoms with Gasteiger partial charge in [0.1, 0.15) is 6.61 Å². The summed E-state index contributed by atoms with van der Waals surface area (Å²) in [4.78, 5) is 35.6. The average Bonchev–Trinajstić information content (AvgIpc) is 2.89. The molecule has 0 aliphatic carbocycles. The van der Waals surface area contributed by atoms with E-state index in [0.29, 0.717) is 24.4 Å². The summed E-state index contributed by atoms with van der Waals surface area (Å²) in [5, 5.41) is 21.9. The van der Waals surface area contributed by atoms with Crippen LogP contribution in [0.3, 0.4) is 0 Å². The molecule has 0 aromatic heterocycles. The Morgan fingerprint density at radius 3 is 2.08 bits per heavy atom. The molecule has 2 atom stereocenters. The molecule has 8 nitrogen and oxygen atoms in total. The van der Waals surface area contributed by atoms with E-state index in [1.54, 1.807) is 0 Å². The molecule has 1 amide bonds. The van der Waals surface area contributed by atoms with Gasteiger partial charge >= 0.3 is 11.9 Å². The molecule has 39 heavy (non-hydrogen) atoms. The van der Waals surface area contributed by atoms with Crippen molar-refractivity contribution in [2.45, 2.75) is 77.4 Å². The number of benzene rings is 2. The van der Waals surface area contributed by atoms with Crippen molar-refractivity contribution >= 4 is 29.4 Å². The van der Waals surface area contributed by atoms with Gasteiger partial charge in [-0.1, -0.05) is 54.8 Å². The summed E-state index contributed by atoms with van der Waals surface area (Å²) < 4.78 is 10.7. The molecule has 0 bridgehead atoms. The fourth-order valence-electron chi connectivity index (χ4n) is 4.12. The summed E-state index contributed by atoms with van der Waals surface area (Å²) >= 11 is 5.91. The average molecular weight is 562 g/mol. The van der Waals surface area contributed by atoms with Crippen LogP contribution in [0.4, 0.5) is 0 Å². The standard InChI is InChI=1S/C30H40ClNO7/c1-21-11-12-24(19-22(21)2)10-6-4-8-18-38-27(28(30(36)37)39-20-26(33)34)29(35)32-17-7-3-5-9-23-13-15-25(31)16-14-23/h11-16,19,27-28H,3-10,17-18,20H2,1-2H3,(H,32,35)(H,33,34)(H,36,37). The molecule has 0 aliphatic heterocycles. The van der Waals surface area contributed by atoms with E-state index in [1.807, 2.05) is 24.3 Å². The highest BCUT2D eigenvalue weighted by molar-refractivity contribution is 6.30. The smallest absolute Gasteiger partial charge is 0.336 e. The predicted octanol–water partition coefficient (Wildman–Crippen LogP) is 5.14. The number of ether oxygens (including phenoxy) is 2. The van der Waals surface area contributed by atoms with E-state index in [-0.39, 0.29) is 6.61 Å². The quantitative estimate of drug-likeness (QED) is 0.203. The molecule has 214 valence electrons. The van der Waals surface area contributed by atoms with Gasteiger partial charge in [-0.05, 0) is 86.8 Å². The molecule has 0 fully saturated rings. The minimum absolute atomic E-state index is 0.159. The van der Waals surface area contributed by atoms with Crippen LogP contribution in [0.5, 0.6) is 0 Å². The topological polar surface area (TPSA) is 122 Å². The van der Waals surface area contributed by atoms with Gasteiger partial charge < -0.3 is 25.0 Å². The van der Waals surface area contributed by atoms with Crippen LogP contribution in [0.2, 0.25) is 5.02 Å². The molecule has 2 aromatic rings. The third-order valence-electron chi connectivity index (χ3n) is 6.50. The van der Waals surface area contributed by atoms with Crippen molar-refractivity contribution < 1.29 is 34.1 Å². The first-order valence-electron chi connectivity index (χ1n) is 13.4. The molecular weight excluding hydrogens is 522 g/mol. The van der Waals surface area contributed by atoms with Crippen LogP contribution in [0.25, 0.3) is 0 Å². The number of aryl methyl sites for hydroxylation is 4. The lowest BCUT2D eigenvalue weighted by Gasteiger charge is -2.23. The minimum atomic E-state index is -1.72. The number of amides is 1. The Labute approximate surface area is 235 Å². The van der Waals surface area contributed by atoms with Gasteiger partial charge in [0.15, 0.2) is 12.2 Å². The van der Waals surface area contributed by atoms with E-state index < -0.39 is 36.7 Å². The molecule has 2 rings (SSSR count). The van der Waals surface area contributed by atoms with Gasteiger partial charge in [0.25, 0.3) is 5.91 Å². The first-order valence-corrected chi connectivity index (χ1v) is 13.8. The molecule has 2 aromatic carbocycles. The van der Waals surface area contributed by atoms with E-state index in [4.69, 9.17) is 26.2 Å². The van der Waals surface area contributed by atoms with Crippen LogP contribution in [0, 0.1) is 13.8 Å². The van der Waals surface area contributed by atoms with E-state index in [9.17, 15) is 19.5 Å². The molecule has 3 N–H and O–H groups in total. The molecule has 0 heterocycles. The second kappa shape index (κ2) is 17.6. The second-order valence-electron chi connectivity index (χ2n) is 9.71. The van der Waals surface area contributed by atoms with Crippen LogP contribution in [0.15, 0.2) is 42.5 Å². The van der Waals surface area contributed by atoms with Gasteiger partial charge in [0.2, 0.25) is 0 Å². The molecule has 0 saturated heterocycles. The van der Waals surface area contributed by atoms with Gasteiger partial charge in [-0.3, -0.25) is 4.79 Å². The Morgan fingerprint density at radius 1 is 0.795 bits per heavy atom.